The monoisotopic (exact) mass is 294 g/mol. The number of rotatable bonds is 1. The van der Waals surface area contributed by atoms with Gasteiger partial charge in [0, 0.05) is 5.56 Å². The van der Waals surface area contributed by atoms with Gasteiger partial charge in [-0.1, -0.05) is 23.7 Å². The number of benzene rings is 1. The maximum Gasteiger partial charge on any atom is 0.511 e. The zero-order valence-electron chi connectivity index (χ0n) is 9.07. The molecule has 0 saturated heterocycles. The SMILES string of the molecule is O=C(O)OC1=Cc2cccc(Cl)c2OC1C(F)(F)F. The predicted octanol–water partition coefficient (Wildman–Crippen LogP) is 3.70. The minimum Gasteiger partial charge on any atom is -0.471 e. The molecule has 0 aliphatic carbocycles. The number of fused-ring (bicyclic) bond motifs is 1. The summed E-state index contributed by atoms with van der Waals surface area (Å²) in [5.41, 5.74) is 0.212. The van der Waals surface area contributed by atoms with Crippen LogP contribution < -0.4 is 4.74 Å². The van der Waals surface area contributed by atoms with E-state index in [4.69, 9.17) is 21.4 Å². The summed E-state index contributed by atoms with van der Waals surface area (Å²) < 4.78 is 47.2. The molecular weight excluding hydrogens is 289 g/mol. The lowest BCUT2D eigenvalue weighted by atomic mass is 10.1. The third-order valence-corrected chi connectivity index (χ3v) is 2.59. The Balaban J connectivity index is 2.49. The standard InChI is InChI=1S/C11H6ClF3O4/c12-6-3-1-2-5-4-7(18-10(16)17)9(11(13,14)15)19-8(5)6/h1-4,9H,(H,16,17). The number of hydrogen-bond acceptors (Lipinski definition) is 3. The molecule has 0 aromatic heterocycles. The van der Waals surface area contributed by atoms with Gasteiger partial charge in [-0.25, -0.2) is 4.79 Å². The van der Waals surface area contributed by atoms with Crippen LogP contribution in [0.4, 0.5) is 18.0 Å². The molecule has 0 saturated carbocycles. The molecule has 8 heteroatoms. The fourth-order valence-corrected chi connectivity index (χ4v) is 1.81. The summed E-state index contributed by atoms with van der Waals surface area (Å²) in [5.74, 6) is -1.01. The largest absolute Gasteiger partial charge is 0.511 e. The molecule has 1 aliphatic rings. The van der Waals surface area contributed by atoms with Gasteiger partial charge in [-0.15, -0.1) is 0 Å². The zero-order valence-corrected chi connectivity index (χ0v) is 9.83. The lowest BCUT2D eigenvalue weighted by Crippen LogP contribution is -2.39. The van der Waals surface area contributed by atoms with Gasteiger partial charge in [-0.3, -0.25) is 0 Å². The molecule has 19 heavy (non-hydrogen) atoms. The van der Waals surface area contributed by atoms with Crippen LogP contribution in [0.15, 0.2) is 24.0 Å². The summed E-state index contributed by atoms with van der Waals surface area (Å²) in [7, 11) is 0. The normalized spacial score (nSPS) is 18.1. The van der Waals surface area contributed by atoms with Gasteiger partial charge in [0.2, 0.25) is 0 Å². The Morgan fingerprint density at radius 1 is 1.42 bits per heavy atom. The van der Waals surface area contributed by atoms with Crippen LogP contribution in [0.1, 0.15) is 5.56 Å². The topological polar surface area (TPSA) is 55.8 Å². The summed E-state index contributed by atoms with van der Waals surface area (Å²) in [5, 5.41) is 8.44. The van der Waals surface area contributed by atoms with Crippen molar-refractivity contribution in [2.45, 2.75) is 12.3 Å². The van der Waals surface area contributed by atoms with Crippen LogP contribution >= 0.6 is 11.6 Å². The zero-order chi connectivity index (χ0) is 14.2. The molecule has 102 valence electrons. The first-order chi connectivity index (χ1) is 8.79. The van der Waals surface area contributed by atoms with E-state index in [1.807, 2.05) is 0 Å². The first kappa shape index (κ1) is 13.5. The molecule has 1 atom stereocenters. The van der Waals surface area contributed by atoms with Crippen molar-refractivity contribution in [3.05, 3.63) is 34.5 Å². The van der Waals surface area contributed by atoms with Gasteiger partial charge in [-0.05, 0) is 12.1 Å². The fraction of sp³-hybridized carbons (Fsp3) is 0.182. The number of halogens is 4. The quantitative estimate of drug-likeness (QED) is 0.802. The van der Waals surface area contributed by atoms with Crippen LogP contribution in [-0.2, 0) is 4.74 Å². The molecule has 0 spiro atoms. The van der Waals surface area contributed by atoms with Crippen molar-refractivity contribution in [2.24, 2.45) is 0 Å². The van der Waals surface area contributed by atoms with Crippen molar-refractivity contribution in [3.8, 4) is 5.75 Å². The average Bonchev–Trinajstić information content (AvgIpc) is 2.26. The van der Waals surface area contributed by atoms with Crippen LogP contribution in [0, 0.1) is 0 Å². The lowest BCUT2D eigenvalue weighted by molar-refractivity contribution is -0.191. The first-order valence-corrected chi connectivity index (χ1v) is 5.31. The van der Waals surface area contributed by atoms with E-state index in [1.165, 1.54) is 18.2 Å². The van der Waals surface area contributed by atoms with Crippen molar-refractivity contribution < 1.29 is 32.5 Å². The lowest BCUT2D eigenvalue weighted by Gasteiger charge is -2.27. The minimum absolute atomic E-state index is 0.00243. The van der Waals surface area contributed by atoms with Gasteiger partial charge < -0.3 is 14.6 Å². The second-order valence-corrected chi connectivity index (χ2v) is 4.02. The second-order valence-electron chi connectivity index (χ2n) is 3.61. The van der Waals surface area contributed by atoms with Crippen LogP contribution in [0.3, 0.4) is 0 Å². The molecule has 1 heterocycles. The summed E-state index contributed by atoms with van der Waals surface area (Å²) >= 11 is 5.73. The molecule has 1 aromatic carbocycles. The highest BCUT2D eigenvalue weighted by Gasteiger charge is 2.48. The third kappa shape index (κ3) is 2.76. The van der Waals surface area contributed by atoms with Crippen molar-refractivity contribution in [1.29, 1.82) is 0 Å². The average molecular weight is 295 g/mol. The summed E-state index contributed by atoms with van der Waals surface area (Å²) in [4.78, 5) is 10.4. The fourth-order valence-electron chi connectivity index (χ4n) is 1.58. The Labute approximate surface area is 110 Å². The Bertz CT molecular complexity index is 553. The van der Waals surface area contributed by atoms with Crippen molar-refractivity contribution in [3.63, 3.8) is 0 Å². The van der Waals surface area contributed by atoms with Gasteiger partial charge in [0.05, 0.1) is 5.02 Å². The highest BCUT2D eigenvalue weighted by molar-refractivity contribution is 6.32. The van der Waals surface area contributed by atoms with E-state index < -0.39 is 24.2 Å². The first-order valence-electron chi connectivity index (χ1n) is 4.93. The molecule has 1 aromatic rings. The molecule has 0 bridgehead atoms. The number of hydrogen-bond donors (Lipinski definition) is 1. The van der Waals surface area contributed by atoms with E-state index in [0.717, 1.165) is 6.08 Å². The van der Waals surface area contributed by atoms with E-state index in [1.54, 1.807) is 0 Å². The maximum absolute atomic E-state index is 12.8. The molecule has 0 radical (unpaired) electrons. The number of ether oxygens (including phenoxy) is 2. The van der Waals surface area contributed by atoms with Gasteiger partial charge in [-0.2, -0.15) is 13.2 Å². The Morgan fingerprint density at radius 3 is 2.68 bits per heavy atom. The molecule has 1 aliphatic heterocycles. The highest BCUT2D eigenvalue weighted by Crippen LogP contribution is 2.40. The van der Waals surface area contributed by atoms with E-state index in [9.17, 15) is 18.0 Å². The van der Waals surface area contributed by atoms with Crippen LogP contribution in [0.25, 0.3) is 6.08 Å². The van der Waals surface area contributed by atoms with Crippen molar-refractivity contribution in [1.82, 2.24) is 0 Å². The summed E-state index contributed by atoms with van der Waals surface area (Å²) in [6.07, 6.45) is -8.24. The van der Waals surface area contributed by atoms with Crippen LogP contribution in [0.5, 0.6) is 5.75 Å². The highest BCUT2D eigenvalue weighted by atomic mass is 35.5. The molecule has 0 amide bonds. The molecule has 1 N–H and O–H groups in total. The van der Waals surface area contributed by atoms with E-state index in [-0.39, 0.29) is 16.3 Å². The van der Waals surface area contributed by atoms with E-state index >= 15 is 0 Å². The number of para-hydroxylation sites is 1. The van der Waals surface area contributed by atoms with Gasteiger partial charge in [0.1, 0.15) is 5.75 Å². The van der Waals surface area contributed by atoms with Crippen molar-refractivity contribution in [2.75, 3.05) is 0 Å². The smallest absolute Gasteiger partial charge is 0.471 e. The van der Waals surface area contributed by atoms with Gasteiger partial charge >= 0.3 is 12.3 Å². The summed E-state index contributed by atoms with van der Waals surface area (Å²) in [6.45, 7) is 0. The third-order valence-electron chi connectivity index (χ3n) is 2.29. The number of carboxylic acid groups (broad SMARTS) is 1. The Hall–Kier alpha value is -1.89. The molecule has 2 rings (SSSR count). The number of carbonyl (C=O) groups is 1. The minimum atomic E-state index is -4.82. The Kier molecular flexibility index (Phi) is 3.32. The van der Waals surface area contributed by atoms with Crippen molar-refractivity contribution >= 4 is 23.8 Å². The molecule has 0 fully saturated rings. The van der Waals surface area contributed by atoms with Crippen LogP contribution in [0.2, 0.25) is 5.02 Å². The van der Waals surface area contributed by atoms with E-state index in [0.29, 0.717) is 0 Å². The molecule has 1 unspecified atom stereocenters. The Morgan fingerprint density at radius 2 is 2.11 bits per heavy atom. The predicted molar refractivity (Wildman–Crippen MR) is 59.0 cm³/mol. The molecular formula is C11H6ClF3O4. The molecule has 4 nitrogen and oxygen atoms in total. The van der Waals surface area contributed by atoms with Crippen LogP contribution in [-0.4, -0.2) is 23.5 Å². The second kappa shape index (κ2) is 4.65. The van der Waals surface area contributed by atoms with Gasteiger partial charge in [0.15, 0.2) is 5.76 Å². The summed E-state index contributed by atoms with van der Waals surface area (Å²) in [6, 6.07) is 4.29. The van der Waals surface area contributed by atoms with Gasteiger partial charge in [0.25, 0.3) is 6.10 Å². The number of alkyl halides is 3. The maximum atomic E-state index is 12.8. The van der Waals surface area contributed by atoms with E-state index in [2.05, 4.69) is 4.74 Å².